The van der Waals surface area contributed by atoms with Crippen LogP contribution in [0.25, 0.3) is 0 Å². The van der Waals surface area contributed by atoms with Crippen LogP contribution in [0.3, 0.4) is 0 Å². The maximum absolute atomic E-state index is 13.0. The number of carbonyl (C=O) groups excluding carboxylic acids is 2. The van der Waals surface area contributed by atoms with Gasteiger partial charge in [-0.25, -0.2) is 0 Å². The molecule has 0 unspecified atom stereocenters. The van der Waals surface area contributed by atoms with Crippen LogP contribution in [-0.4, -0.2) is 38.0 Å². The summed E-state index contributed by atoms with van der Waals surface area (Å²) >= 11 is 0. The van der Waals surface area contributed by atoms with Crippen molar-refractivity contribution in [1.82, 2.24) is 5.32 Å². The van der Waals surface area contributed by atoms with Crippen molar-refractivity contribution in [3.8, 4) is 0 Å². The van der Waals surface area contributed by atoms with Crippen LogP contribution >= 0.6 is 0 Å². The molecule has 3 rings (SSSR count). The molecule has 0 bridgehead atoms. The van der Waals surface area contributed by atoms with Crippen LogP contribution in [-0.2, 0) is 9.59 Å². The Labute approximate surface area is 124 Å². The molecule has 1 aliphatic heterocycles. The molecule has 2 fully saturated rings. The van der Waals surface area contributed by atoms with Crippen molar-refractivity contribution in [2.45, 2.75) is 31.2 Å². The molecular formula is C16H21N3O2. The lowest BCUT2D eigenvalue weighted by atomic mass is 9.92. The quantitative estimate of drug-likeness (QED) is 0.897. The number of para-hydroxylation sites is 2. The minimum atomic E-state index is -0.672. The minimum absolute atomic E-state index is 0.0360. The van der Waals surface area contributed by atoms with Crippen molar-refractivity contribution in [1.29, 1.82) is 0 Å². The molecule has 5 heteroatoms. The molecule has 1 heterocycles. The summed E-state index contributed by atoms with van der Waals surface area (Å²) in [4.78, 5) is 28.7. The van der Waals surface area contributed by atoms with Crippen LogP contribution < -0.4 is 15.1 Å². The van der Waals surface area contributed by atoms with Gasteiger partial charge in [-0.1, -0.05) is 25.0 Å². The fraction of sp³-hybridized carbons (Fsp3) is 0.500. The van der Waals surface area contributed by atoms with Gasteiger partial charge in [0.15, 0.2) is 0 Å². The largest absolute Gasteiger partial charge is 0.376 e. The van der Waals surface area contributed by atoms with Gasteiger partial charge in [-0.2, -0.15) is 0 Å². The Kier molecular flexibility index (Phi) is 3.35. The fourth-order valence-corrected chi connectivity index (χ4v) is 3.42. The number of anilines is 2. The van der Waals surface area contributed by atoms with E-state index in [-0.39, 0.29) is 18.4 Å². The van der Waals surface area contributed by atoms with E-state index in [1.54, 1.807) is 4.90 Å². The highest BCUT2D eigenvalue weighted by Crippen LogP contribution is 2.37. The number of hydrogen-bond donors (Lipinski definition) is 1. The van der Waals surface area contributed by atoms with E-state index in [0.717, 1.165) is 37.1 Å². The lowest BCUT2D eigenvalue weighted by molar-refractivity contribution is -0.135. The van der Waals surface area contributed by atoms with Crippen LogP contribution in [0.5, 0.6) is 0 Å². The first kappa shape index (κ1) is 13.9. The summed E-state index contributed by atoms with van der Waals surface area (Å²) in [5.41, 5.74) is 1.09. The summed E-state index contributed by atoms with van der Waals surface area (Å²) in [5.74, 6) is -0.0287. The molecule has 21 heavy (non-hydrogen) atoms. The van der Waals surface area contributed by atoms with Gasteiger partial charge in [-0.15, -0.1) is 0 Å². The molecule has 1 aromatic rings. The Morgan fingerprint density at radius 3 is 2.48 bits per heavy atom. The number of amides is 2. The average molecular weight is 287 g/mol. The van der Waals surface area contributed by atoms with E-state index in [4.69, 9.17) is 0 Å². The van der Waals surface area contributed by atoms with Crippen molar-refractivity contribution < 1.29 is 9.59 Å². The summed E-state index contributed by atoms with van der Waals surface area (Å²) < 4.78 is 0. The molecule has 2 aliphatic rings. The first-order chi connectivity index (χ1) is 10.0. The van der Waals surface area contributed by atoms with Crippen molar-refractivity contribution in [3.05, 3.63) is 24.3 Å². The highest BCUT2D eigenvalue weighted by atomic mass is 16.2. The zero-order valence-corrected chi connectivity index (χ0v) is 12.6. The van der Waals surface area contributed by atoms with Gasteiger partial charge < -0.3 is 10.2 Å². The van der Waals surface area contributed by atoms with Crippen molar-refractivity contribution in [3.63, 3.8) is 0 Å². The zero-order chi connectivity index (χ0) is 15.0. The minimum Gasteiger partial charge on any atom is -0.376 e. The summed E-state index contributed by atoms with van der Waals surface area (Å²) in [7, 11) is 3.89. The maximum Gasteiger partial charge on any atom is 0.253 e. The van der Waals surface area contributed by atoms with Gasteiger partial charge in [-0.3, -0.25) is 14.5 Å². The predicted octanol–water partition coefficient (Wildman–Crippen LogP) is 1.53. The van der Waals surface area contributed by atoms with E-state index in [0.29, 0.717) is 0 Å². The Hall–Kier alpha value is -2.04. The molecule has 2 amide bonds. The second-order valence-electron chi connectivity index (χ2n) is 6.11. The highest BCUT2D eigenvalue weighted by Gasteiger charge is 2.49. The molecule has 5 nitrogen and oxygen atoms in total. The maximum atomic E-state index is 13.0. The molecule has 0 atom stereocenters. The summed E-state index contributed by atoms with van der Waals surface area (Å²) in [6.07, 6.45) is 3.49. The molecule has 1 N–H and O–H groups in total. The molecule has 1 aliphatic carbocycles. The van der Waals surface area contributed by atoms with Crippen molar-refractivity contribution in [2.24, 2.45) is 0 Å². The number of rotatable bonds is 2. The van der Waals surface area contributed by atoms with Gasteiger partial charge in [0, 0.05) is 14.1 Å². The topological polar surface area (TPSA) is 52.6 Å². The van der Waals surface area contributed by atoms with E-state index < -0.39 is 5.54 Å². The van der Waals surface area contributed by atoms with Crippen LogP contribution in [0.4, 0.5) is 11.4 Å². The van der Waals surface area contributed by atoms with Gasteiger partial charge in [0.05, 0.1) is 11.4 Å². The van der Waals surface area contributed by atoms with Crippen molar-refractivity contribution >= 4 is 23.2 Å². The standard InChI is InChI=1S/C16H21N3O2/c1-18(2)12-7-3-4-8-13(12)19-11-14(20)17-16(15(19)21)9-5-6-10-16/h3-4,7-8H,5-6,9-11H2,1-2H3,(H,17,20). The molecule has 112 valence electrons. The second-order valence-corrected chi connectivity index (χ2v) is 6.11. The van der Waals surface area contributed by atoms with Gasteiger partial charge in [0.2, 0.25) is 5.91 Å². The SMILES string of the molecule is CN(C)c1ccccc1N1CC(=O)NC2(CCCC2)C1=O. The number of nitrogens with one attached hydrogen (secondary N) is 1. The van der Waals surface area contributed by atoms with E-state index in [1.165, 1.54) is 0 Å². The smallest absolute Gasteiger partial charge is 0.253 e. The number of nitrogens with zero attached hydrogens (tertiary/aromatic N) is 2. The van der Waals surface area contributed by atoms with Gasteiger partial charge in [-0.05, 0) is 25.0 Å². The molecule has 1 spiro atoms. The average Bonchev–Trinajstić information content (AvgIpc) is 2.92. The van der Waals surface area contributed by atoms with Crippen molar-refractivity contribution in [2.75, 3.05) is 30.4 Å². The van der Waals surface area contributed by atoms with E-state index in [2.05, 4.69) is 5.32 Å². The molecule has 1 saturated heterocycles. The third kappa shape index (κ3) is 2.26. The molecule has 1 aromatic carbocycles. The van der Waals surface area contributed by atoms with Crippen LogP contribution in [0, 0.1) is 0 Å². The number of hydrogen-bond acceptors (Lipinski definition) is 3. The number of benzene rings is 1. The Morgan fingerprint density at radius 2 is 1.81 bits per heavy atom. The first-order valence-electron chi connectivity index (χ1n) is 7.43. The normalized spacial score (nSPS) is 20.8. The lowest BCUT2D eigenvalue weighted by Gasteiger charge is -2.40. The van der Waals surface area contributed by atoms with Gasteiger partial charge in [0.25, 0.3) is 5.91 Å². The van der Waals surface area contributed by atoms with E-state index in [9.17, 15) is 9.59 Å². The Morgan fingerprint density at radius 1 is 1.14 bits per heavy atom. The predicted molar refractivity (Wildman–Crippen MR) is 82.5 cm³/mol. The number of carbonyl (C=O) groups is 2. The van der Waals surface area contributed by atoms with Gasteiger partial charge in [0.1, 0.15) is 12.1 Å². The second kappa shape index (κ2) is 5.06. The number of piperazine rings is 1. The molecular weight excluding hydrogens is 266 g/mol. The van der Waals surface area contributed by atoms with E-state index >= 15 is 0 Å². The molecule has 0 aromatic heterocycles. The zero-order valence-electron chi connectivity index (χ0n) is 12.6. The van der Waals surface area contributed by atoms with Crippen LogP contribution in [0.2, 0.25) is 0 Å². The fourth-order valence-electron chi connectivity index (χ4n) is 3.42. The third-order valence-electron chi connectivity index (χ3n) is 4.45. The summed E-state index contributed by atoms with van der Waals surface area (Å²) in [5, 5.41) is 2.95. The Balaban J connectivity index is 2.01. The van der Waals surface area contributed by atoms with E-state index in [1.807, 2.05) is 43.3 Å². The Bertz CT molecular complexity index is 577. The third-order valence-corrected chi connectivity index (χ3v) is 4.45. The highest BCUT2D eigenvalue weighted by molar-refractivity contribution is 6.10. The summed E-state index contributed by atoms with van der Waals surface area (Å²) in [6.45, 7) is 0.103. The molecule has 1 saturated carbocycles. The van der Waals surface area contributed by atoms with Gasteiger partial charge >= 0.3 is 0 Å². The van der Waals surface area contributed by atoms with Crippen LogP contribution in [0.15, 0.2) is 24.3 Å². The first-order valence-corrected chi connectivity index (χ1v) is 7.43. The monoisotopic (exact) mass is 287 g/mol. The molecule has 0 radical (unpaired) electrons. The lowest BCUT2D eigenvalue weighted by Crippen LogP contribution is -2.65. The van der Waals surface area contributed by atoms with Crippen LogP contribution in [0.1, 0.15) is 25.7 Å². The summed E-state index contributed by atoms with van der Waals surface area (Å²) in [6, 6.07) is 7.73.